The van der Waals surface area contributed by atoms with Crippen LogP contribution in [0.3, 0.4) is 0 Å². The van der Waals surface area contributed by atoms with Crippen LogP contribution in [0.1, 0.15) is 0 Å². The van der Waals surface area contributed by atoms with E-state index in [0.29, 0.717) is 11.5 Å². The monoisotopic (exact) mass is 291 g/mol. The quantitative estimate of drug-likeness (QED) is 0.895. The molecule has 0 fully saturated rings. The summed E-state index contributed by atoms with van der Waals surface area (Å²) in [6, 6.07) is 2.29. The van der Waals surface area contributed by atoms with Gasteiger partial charge in [0.15, 0.2) is 5.82 Å². The Morgan fingerprint density at radius 1 is 1.06 bits per heavy atom. The predicted octanol–water partition coefficient (Wildman–Crippen LogP) is 4.32. The predicted molar refractivity (Wildman–Crippen MR) is 66.7 cm³/mol. The first-order valence-corrected chi connectivity index (χ1v) is 5.59. The van der Waals surface area contributed by atoms with Gasteiger partial charge in [-0.3, -0.25) is 4.98 Å². The molecule has 0 atom stereocenters. The van der Waals surface area contributed by atoms with Gasteiger partial charge in [0.05, 0.1) is 28.1 Å². The first kappa shape index (κ1) is 12.4. The van der Waals surface area contributed by atoms with Gasteiger partial charge in [-0.2, -0.15) is 0 Å². The second kappa shape index (κ2) is 5.04. The zero-order chi connectivity index (χ0) is 12.4. The standard InChI is InChI=1S/C10H5Cl3FN3/c11-6-1-5(14)2-7(12)10(6)17-9-4-15-3-8(13)16-9/h1-4H,(H,16,17). The number of anilines is 2. The van der Waals surface area contributed by atoms with Crippen LogP contribution in [0.4, 0.5) is 15.9 Å². The molecule has 0 saturated heterocycles. The smallest absolute Gasteiger partial charge is 0.150 e. The van der Waals surface area contributed by atoms with Crippen molar-refractivity contribution in [2.75, 3.05) is 5.32 Å². The lowest BCUT2D eigenvalue weighted by Crippen LogP contribution is -1.96. The second-order valence-corrected chi connectivity index (χ2v) is 4.30. The van der Waals surface area contributed by atoms with E-state index in [9.17, 15) is 4.39 Å². The molecule has 0 spiro atoms. The lowest BCUT2D eigenvalue weighted by atomic mass is 10.3. The molecule has 0 radical (unpaired) electrons. The van der Waals surface area contributed by atoms with Crippen LogP contribution in [-0.2, 0) is 0 Å². The van der Waals surface area contributed by atoms with E-state index in [1.165, 1.54) is 12.4 Å². The van der Waals surface area contributed by atoms with Crippen LogP contribution in [-0.4, -0.2) is 9.97 Å². The van der Waals surface area contributed by atoms with Crippen molar-refractivity contribution in [3.05, 3.63) is 45.5 Å². The molecule has 1 aromatic heterocycles. The highest BCUT2D eigenvalue weighted by atomic mass is 35.5. The largest absolute Gasteiger partial charge is 0.336 e. The summed E-state index contributed by atoms with van der Waals surface area (Å²) in [6.45, 7) is 0. The lowest BCUT2D eigenvalue weighted by Gasteiger charge is -2.09. The van der Waals surface area contributed by atoms with Crippen molar-refractivity contribution >= 4 is 46.3 Å². The van der Waals surface area contributed by atoms with E-state index in [2.05, 4.69) is 15.3 Å². The minimum absolute atomic E-state index is 0.150. The summed E-state index contributed by atoms with van der Waals surface area (Å²) in [4.78, 5) is 7.79. The number of hydrogen-bond donors (Lipinski definition) is 1. The Labute approximate surface area is 112 Å². The molecule has 17 heavy (non-hydrogen) atoms. The topological polar surface area (TPSA) is 37.8 Å². The van der Waals surface area contributed by atoms with E-state index in [0.717, 1.165) is 12.1 Å². The normalized spacial score (nSPS) is 10.4. The number of rotatable bonds is 2. The van der Waals surface area contributed by atoms with Gasteiger partial charge >= 0.3 is 0 Å². The third-order valence-electron chi connectivity index (χ3n) is 1.87. The molecule has 1 aromatic carbocycles. The SMILES string of the molecule is Fc1cc(Cl)c(Nc2cncc(Cl)n2)c(Cl)c1. The summed E-state index contributed by atoms with van der Waals surface area (Å²) >= 11 is 17.4. The molecule has 88 valence electrons. The molecule has 1 heterocycles. The Kier molecular flexibility index (Phi) is 3.66. The van der Waals surface area contributed by atoms with Gasteiger partial charge in [0, 0.05) is 0 Å². The van der Waals surface area contributed by atoms with Crippen molar-refractivity contribution in [2.24, 2.45) is 0 Å². The highest BCUT2D eigenvalue weighted by Gasteiger charge is 2.09. The first-order valence-electron chi connectivity index (χ1n) is 4.45. The third kappa shape index (κ3) is 2.97. The molecule has 0 unspecified atom stereocenters. The van der Waals surface area contributed by atoms with Crippen LogP contribution in [0, 0.1) is 5.82 Å². The molecule has 2 rings (SSSR count). The molecule has 0 saturated carbocycles. The van der Waals surface area contributed by atoms with Gasteiger partial charge in [-0.1, -0.05) is 34.8 Å². The molecule has 1 N–H and O–H groups in total. The number of nitrogens with one attached hydrogen (secondary N) is 1. The average Bonchev–Trinajstić information content (AvgIpc) is 2.23. The number of halogens is 4. The van der Waals surface area contributed by atoms with Gasteiger partial charge < -0.3 is 5.32 Å². The van der Waals surface area contributed by atoms with Gasteiger partial charge in [0.2, 0.25) is 0 Å². The van der Waals surface area contributed by atoms with Crippen LogP contribution < -0.4 is 5.32 Å². The van der Waals surface area contributed by atoms with Crippen LogP contribution >= 0.6 is 34.8 Å². The molecule has 7 heteroatoms. The highest BCUT2D eigenvalue weighted by molar-refractivity contribution is 6.39. The van der Waals surface area contributed by atoms with Crippen LogP contribution in [0.2, 0.25) is 15.2 Å². The Balaban J connectivity index is 2.36. The number of hydrogen-bond acceptors (Lipinski definition) is 3. The summed E-state index contributed by atoms with van der Waals surface area (Å²) in [6.07, 6.45) is 2.84. The third-order valence-corrected chi connectivity index (χ3v) is 2.64. The molecule has 3 nitrogen and oxygen atoms in total. The Morgan fingerprint density at radius 2 is 1.71 bits per heavy atom. The molecular formula is C10H5Cl3FN3. The summed E-state index contributed by atoms with van der Waals surface area (Å²) in [7, 11) is 0. The van der Waals surface area contributed by atoms with Gasteiger partial charge in [-0.15, -0.1) is 0 Å². The molecule has 0 bridgehead atoms. The summed E-state index contributed by atoms with van der Waals surface area (Å²) in [5.41, 5.74) is 0.353. The van der Waals surface area contributed by atoms with Gasteiger partial charge in [-0.05, 0) is 12.1 Å². The first-order chi connectivity index (χ1) is 8.06. The summed E-state index contributed by atoms with van der Waals surface area (Å²) in [5.74, 6) is -0.143. The molecule has 0 amide bonds. The maximum atomic E-state index is 13.0. The zero-order valence-corrected chi connectivity index (χ0v) is 10.5. The van der Waals surface area contributed by atoms with E-state index in [1.54, 1.807) is 0 Å². The van der Waals surface area contributed by atoms with E-state index >= 15 is 0 Å². The Morgan fingerprint density at radius 3 is 2.29 bits per heavy atom. The summed E-state index contributed by atoms with van der Waals surface area (Å²) in [5, 5.41) is 3.35. The number of benzene rings is 1. The number of aromatic nitrogens is 2. The Bertz CT molecular complexity index is 539. The maximum absolute atomic E-state index is 13.0. The van der Waals surface area contributed by atoms with E-state index in [4.69, 9.17) is 34.8 Å². The molecule has 0 aliphatic carbocycles. The van der Waals surface area contributed by atoms with Crippen molar-refractivity contribution in [1.82, 2.24) is 9.97 Å². The van der Waals surface area contributed by atoms with Crippen molar-refractivity contribution in [3.63, 3.8) is 0 Å². The molecule has 0 aliphatic heterocycles. The second-order valence-electron chi connectivity index (χ2n) is 3.10. The molecule has 2 aromatic rings. The van der Waals surface area contributed by atoms with E-state index < -0.39 is 5.82 Å². The van der Waals surface area contributed by atoms with E-state index in [1.807, 2.05) is 0 Å². The van der Waals surface area contributed by atoms with Crippen LogP contribution in [0.15, 0.2) is 24.5 Å². The van der Waals surface area contributed by atoms with Crippen molar-refractivity contribution < 1.29 is 4.39 Å². The fourth-order valence-corrected chi connectivity index (χ4v) is 1.89. The molecular weight excluding hydrogens is 287 g/mol. The Hall–Kier alpha value is -1.10. The molecule has 0 aliphatic rings. The average molecular weight is 293 g/mol. The van der Waals surface area contributed by atoms with Crippen LogP contribution in [0.5, 0.6) is 0 Å². The lowest BCUT2D eigenvalue weighted by molar-refractivity contribution is 0.628. The van der Waals surface area contributed by atoms with Gasteiger partial charge in [0.1, 0.15) is 11.0 Å². The van der Waals surface area contributed by atoms with Gasteiger partial charge in [0.25, 0.3) is 0 Å². The maximum Gasteiger partial charge on any atom is 0.150 e. The number of nitrogens with zero attached hydrogens (tertiary/aromatic N) is 2. The minimum atomic E-state index is -0.511. The van der Waals surface area contributed by atoms with E-state index in [-0.39, 0.29) is 15.2 Å². The van der Waals surface area contributed by atoms with Crippen molar-refractivity contribution in [2.45, 2.75) is 0 Å². The van der Waals surface area contributed by atoms with Gasteiger partial charge in [-0.25, -0.2) is 9.37 Å². The van der Waals surface area contributed by atoms with Crippen molar-refractivity contribution in [1.29, 1.82) is 0 Å². The minimum Gasteiger partial charge on any atom is -0.336 e. The van der Waals surface area contributed by atoms with Crippen LogP contribution in [0.25, 0.3) is 0 Å². The highest BCUT2D eigenvalue weighted by Crippen LogP contribution is 2.33. The van der Waals surface area contributed by atoms with Crippen molar-refractivity contribution in [3.8, 4) is 0 Å². The zero-order valence-electron chi connectivity index (χ0n) is 8.22. The summed E-state index contributed by atoms with van der Waals surface area (Å²) < 4.78 is 13.0. The fraction of sp³-hybridized carbons (Fsp3) is 0. The fourth-order valence-electron chi connectivity index (χ4n) is 1.19.